The summed E-state index contributed by atoms with van der Waals surface area (Å²) in [5.41, 5.74) is 1.65. The molecule has 1 saturated heterocycles. The summed E-state index contributed by atoms with van der Waals surface area (Å²) in [6, 6.07) is 0. The predicted molar refractivity (Wildman–Crippen MR) is 179 cm³/mol. The summed E-state index contributed by atoms with van der Waals surface area (Å²) >= 11 is 0. The Bertz CT molecular complexity index is 1310. The average Bonchev–Trinajstić information content (AvgIpc) is 3.54. The molecule has 2 N–H and O–H groups in total. The van der Waals surface area contributed by atoms with E-state index in [9.17, 15) is 19.2 Å². The number of hydrogen-bond acceptors (Lipinski definition) is 10. The van der Waals surface area contributed by atoms with E-state index in [1.165, 1.54) is 20.1 Å². The Morgan fingerprint density at radius 1 is 1.04 bits per heavy atom. The summed E-state index contributed by atoms with van der Waals surface area (Å²) in [4.78, 5) is 55.0. The number of amides is 1. The van der Waals surface area contributed by atoms with Crippen LogP contribution in [0.5, 0.6) is 0 Å². The molecule has 11 nitrogen and oxygen atoms in total. The van der Waals surface area contributed by atoms with Crippen LogP contribution in [-0.4, -0.2) is 100 Å². The first-order valence-corrected chi connectivity index (χ1v) is 16.5. The molecule has 0 aromatic heterocycles. The number of nitrogens with zero attached hydrogens (tertiary/aromatic N) is 1. The summed E-state index contributed by atoms with van der Waals surface area (Å²) in [6.07, 6.45) is 9.16. The Hall–Kier alpha value is -3.38. The lowest BCUT2D eigenvalue weighted by molar-refractivity contribution is -0.149. The van der Waals surface area contributed by atoms with Crippen molar-refractivity contribution in [3.8, 4) is 0 Å². The molecule has 0 saturated carbocycles. The normalized spacial score (nSPS) is 31.7. The highest BCUT2D eigenvalue weighted by molar-refractivity contribution is 6.23. The number of carbonyl (C=O) groups excluding carboxylic acids is 4. The lowest BCUT2D eigenvalue weighted by atomic mass is 9.85. The van der Waals surface area contributed by atoms with Gasteiger partial charge < -0.3 is 34.5 Å². The van der Waals surface area contributed by atoms with Gasteiger partial charge in [-0.1, -0.05) is 38.2 Å². The van der Waals surface area contributed by atoms with Gasteiger partial charge in [0, 0.05) is 64.5 Å². The van der Waals surface area contributed by atoms with Gasteiger partial charge in [0.1, 0.15) is 6.10 Å². The molecule has 0 aromatic carbocycles. The summed E-state index contributed by atoms with van der Waals surface area (Å²) in [5.74, 6) is -1.95. The molecule has 0 radical (unpaired) electrons. The number of methoxy groups -OCH3 is 3. The first kappa shape index (κ1) is 38.1. The van der Waals surface area contributed by atoms with Crippen molar-refractivity contribution in [1.82, 2.24) is 15.5 Å². The number of ether oxygens (including phenoxy) is 4. The molecule has 1 amide bonds. The molecule has 11 heteroatoms. The topological polar surface area (TPSA) is 132 Å². The van der Waals surface area contributed by atoms with Crippen LogP contribution >= 0.6 is 0 Å². The van der Waals surface area contributed by atoms with Gasteiger partial charge in [0.05, 0.1) is 23.6 Å². The highest BCUT2D eigenvalue weighted by Gasteiger charge is 2.34. The van der Waals surface area contributed by atoms with E-state index in [0.717, 1.165) is 38.0 Å². The standard InChI is InChI=1S/C36H53N3O8/c1-22-18-27-32(37-14-17-39-15-9-10-16-39)29(41)21-28(33(27)42)38-36(43)23(2)12-11-13-30(44-6)35(47-26(5)40)25(4)20-24(3)34(46-8)31(19-22)45-7/h11-13,20-22,24,30-31,34-35,37H,9-10,14-19H2,1-8H3,(H,38,43)/b13-11-,23-12+,25-20+/t22-,24+,30+,31+,34-,35+/m1/s1. The van der Waals surface area contributed by atoms with Crippen molar-refractivity contribution in [2.45, 2.75) is 84.7 Å². The molecule has 47 heavy (non-hydrogen) atoms. The Kier molecular flexibility index (Phi) is 14.8. The zero-order chi connectivity index (χ0) is 34.7. The molecule has 3 rings (SSSR count). The first-order valence-electron chi connectivity index (χ1n) is 16.5. The van der Waals surface area contributed by atoms with Crippen molar-refractivity contribution in [1.29, 1.82) is 0 Å². The van der Waals surface area contributed by atoms with Crippen molar-refractivity contribution in [2.75, 3.05) is 47.5 Å². The third-order valence-electron chi connectivity index (χ3n) is 9.01. The molecular formula is C36H53N3O8. The second-order valence-electron chi connectivity index (χ2n) is 12.8. The molecule has 3 aliphatic rings. The molecule has 260 valence electrons. The smallest absolute Gasteiger partial charge is 0.303 e. The zero-order valence-corrected chi connectivity index (χ0v) is 29.2. The first-order chi connectivity index (χ1) is 22.4. The summed E-state index contributed by atoms with van der Waals surface area (Å²) in [7, 11) is 4.77. The summed E-state index contributed by atoms with van der Waals surface area (Å²) in [5, 5.41) is 5.93. The molecule has 1 aliphatic carbocycles. The van der Waals surface area contributed by atoms with Crippen LogP contribution in [0.4, 0.5) is 0 Å². The number of carbonyl (C=O) groups is 4. The molecule has 0 spiro atoms. The minimum atomic E-state index is -0.727. The molecule has 2 heterocycles. The van der Waals surface area contributed by atoms with Crippen LogP contribution in [0.15, 0.2) is 58.5 Å². The van der Waals surface area contributed by atoms with Gasteiger partial charge in [-0.2, -0.15) is 0 Å². The van der Waals surface area contributed by atoms with E-state index in [4.69, 9.17) is 18.9 Å². The van der Waals surface area contributed by atoms with Crippen LogP contribution in [0.2, 0.25) is 0 Å². The quantitative estimate of drug-likeness (QED) is 0.227. The van der Waals surface area contributed by atoms with E-state index < -0.39 is 24.1 Å². The SMILES string of the molecule is CO[C@H]1[C@@H](OC)C[C@H](C)CC2=C(NCCN3CCCC3)C(=O)C=C(NC(=O)/C(C)=C/C=C\[C@H](OC)[C@@H](OC(C)=O)/C(C)=C/[C@@H]1C)C2=O. The second-order valence-corrected chi connectivity index (χ2v) is 12.8. The van der Waals surface area contributed by atoms with Gasteiger partial charge in [0.2, 0.25) is 11.6 Å². The van der Waals surface area contributed by atoms with Crippen molar-refractivity contribution in [3.05, 3.63) is 58.5 Å². The lowest BCUT2D eigenvalue weighted by Crippen LogP contribution is -2.39. The number of nitrogens with one attached hydrogen (secondary N) is 2. The van der Waals surface area contributed by atoms with Gasteiger partial charge in [0.15, 0.2) is 6.10 Å². The predicted octanol–water partition coefficient (Wildman–Crippen LogP) is 3.57. The largest absolute Gasteiger partial charge is 0.455 e. The highest BCUT2D eigenvalue weighted by atomic mass is 16.6. The molecular weight excluding hydrogens is 602 g/mol. The van der Waals surface area contributed by atoms with Crippen LogP contribution in [0.3, 0.4) is 0 Å². The van der Waals surface area contributed by atoms with E-state index in [-0.39, 0.29) is 47.0 Å². The van der Waals surface area contributed by atoms with Crippen molar-refractivity contribution >= 4 is 23.4 Å². The van der Waals surface area contributed by atoms with Crippen molar-refractivity contribution in [3.63, 3.8) is 0 Å². The van der Waals surface area contributed by atoms with Crippen molar-refractivity contribution in [2.24, 2.45) is 11.8 Å². The molecule has 0 unspecified atom stereocenters. The van der Waals surface area contributed by atoms with Crippen molar-refractivity contribution < 1.29 is 38.1 Å². The number of Topliss-reactive ketones (excluding diaryl/α,β-unsaturated/α-hetero) is 1. The van der Waals surface area contributed by atoms with Crippen LogP contribution in [0.25, 0.3) is 0 Å². The second kappa shape index (κ2) is 18.2. The number of fused-ring (bicyclic) bond motifs is 2. The van der Waals surface area contributed by atoms with Gasteiger partial charge in [-0.3, -0.25) is 19.2 Å². The molecule has 0 aromatic rings. The van der Waals surface area contributed by atoms with Gasteiger partial charge in [-0.25, -0.2) is 0 Å². The Balaban J connectivity index is 2.04. The van der Waals surface area contributed by atoms with Gasteiger partial charge in [-0.05, 0) is 64.1 Å². The van der Waals surface area contributed by atoms with E-state index in [1.54, 1.807) is 39.4 Å². The number of rotatable bonds is 8. The summed E-state index contributed by atoms with van der Waals surface area (Å²) < 4.78 is 23.3. The maximum absolute atomic E-state index is 13.9. The zero-order valence-electron chi connectivity index (χ0n) is 29.2. The van der Waals surface area contributed by atoms with Gasteiger partial charge >= 0.3 is 5.97 Å². The van der Waals surface area contributed by atoms with E-state index in [1.807, 2.05) is 26.8 Å². The minimum Gasteiger partial charge on any atom is -0.455 e. The lowest BCUT2D eigenvalue weighted by Gasteiger charge is -2.32. The maximum Gasteiger partial charge on any atom is 0.303 e. The highest BCUT2D eigenvalue weighted by Crippen LogP contribution is 2.29. The maximum atomic E-state index is 13.9. The molecule has 2 bridgehead atoms. The number of allylic oxidation sites excluding steroid dienone is 4. The Morgan fingerprint density at radius 2 is 1.74 bits per heavy atom. The van der Waals surface area contributed by atoms with Crippen LogP contribution in [0, 0.1) is 11.8 Å². The third-order valence-corrected chi connectivity index (χ3v) is 9.01. The fourth-order valence-electron chi connectivity index (χ4n) is 6.53. The van der Waals surface area contributed by atoms with Gasteiger partial charge in [0.25, 0.3) is 5.91 Å². The van der Waals surface area contributed by atoms with Crippen LogP contribution < -0.4 is 10.6 Å². The van der Waals surface area contributed by atoms with Crippen LogP contribution in [-0.2, 0) is 38.1 Å². The van der Waals surface area contributed by atoms with E-state index in [2.05, 4.69) is 15.5 Å². The minimum absolute atomic E-state index is 0.0573. The molecule has 2 aliphatic heterocycles. The Morgan fingerprint density at radius 3 is 2.36 bits per heavy atom. The van der Waals surface area contributed by atoms with E-state index in [0.29, 0.717) is 30.5 Å². The summed E-state index contributed by atoms with van der Waals surface area (Å²) in [6.45, 7) is 12.2. The van der Waals surface area contributed by atoms with E-state index >= 15 is 0 Å². The van der Waals surface area contributed by atoms with Crippen LogP contribution in [0.1, 0.15) is 60.3 Å². The van der Waals surface area contributed by atoms with Gasteiger partial charge in [-0.15, -0.1) is 0 Å². The fourth-order valence-corrected chi connectivity index (χ4v) is 6.53. The molecule has 1 fully saturated rings. The fraction of sp³-hybridized carbons (Fsp3) is 0.611. The number of likely N-dealkylation sites (tertiary alicyclic amines) is 1. The number of esters is 1. The number of hydrogen-bond donors (Lipinski definition) is 2. The number of ketones is 2. The Labute approximate surface area is 279 Å². The third kappa shape index (κ3) is 10.6. The molecule has 6 atom stereocenters. The average molecular weight is 656 g/mol. The monoisotopic (exact) mass is 655 g/mol.